The molecule has 2 aromatic rings. The summed E-state index contributed by atoms with van der Waals surface area (Å²) in [5.74, 6) is 0. The summed E-state index contributed by atoms with van der Waals surface area (Å²) in [6.07, 6.45) is 0.608. The van der Waals surface area contributed by atoms with Gasteiger partial charge in [0.1, 0.15) is 0 Å². The van der Waals surface area contributed by atoms with E-state index in [0.29, 0.717) is 6.42 Å². The lowest BCUT2D eigenvalue weighted by Crippen LogP contribution is -2.24. The van der Waals surface area contributed by atoms with E-state index in [0.717, 1.165) is 15.6 Å². The van der Waals surface area contributed by atoms with Crippen molar-refractivity contribution in [3.63, 3.8) is 0 Å². The molecule has 1 nitrogen and oxygen atoms in total. The van der Waals surface area contributed by atoms with Crippen molar-refractivity contribution in [1.82, 2.24) is 0 Å². The SMILES string of the molecule is Cc1ccc(CC(C)(O)c2ccccc2Br)cc1C. The standard InChI is InChI=1S/C17H19BrO/c1-12-8-9-14(10-13(12)2)11-17(3,19)15-6-4-5-7-16(15)18/h4-10,19H,11H2,1-3H3. The van der Waals surface area contributed by atoms with Crippen LogP contribution in [0.3, 0.4) is 0 Å². The molecule has 0 radical (unpaired) electrons. The van der Waals surface area contributed by atoms with E-state index in [1.807, 2.05) is 31.2 Å². The lowest BCUT2D eigenvalue weighted by molar-refractivity contribution is 0.0569. The van der Waals surface area contributed by atoms with Crippen LogP contribution in [-0.2, 0) is 12.0 Å². The number of aryl methyl sites for hydroxylation is 2. The summed E-state index contributed by atoms with van der Waals surface area (Å²) >= 11 is 3.51. The second-order valence-electron chi connectivity index (χ2n) is 5.35. The molecule has 0 heterocycles. The van der Waals surface area contributed by atoms with Crippen LogP contribution in [0.2, 0.25) is 0 Å². The van der Waals surface area contributed by atoms with Gasteiger partial charge in [0.2, 0.25) is 0 Å². The van der Waals surface area contributed by atoms with Crippen LogP contribution in [0.5, 0.6) is 0 Å². The lowest BCUT2D eigenvalue weighted by atomic mass is 9.88. The zero-order valence-corrected chi connectivity index (χ0v) is 13.2. The Kier molecular flexibility index (Phi) is 4.12. The molecule has 2 heteroatoms. The van der Waals surface area contributed by atoms with Crippen LogP contribution in [0.4, 0.5) is 0 Å². The fourth-order valence-corrected chi connectivity index (χ4v) is 3.02. The number of halogens is 1. The van der Waals surface area contributed by atoms with Crippen LogP contribution in [0, 0.1) is 13.8 Å². The zero-order chi connectivity index (χ0) is 14.0. The zero-order valence-electron chi connectivity index (χ0n) is 11.6. The van der Waals surface area contributed by atoms with Gasteiger partial charge in [0.25, 0.3) is 0 Å². The minimum absolute atomic E-state index is 0.608. The molecule has 2 aromatic carbocycles. The van der Waals surface area contributed by atoms with Crippen molar-refractivity contribution in [2.24, 2.45) is 0 Å². The van der Waals surface area contributed by atoms with Gasteiger partial charge in [-0.1, -0.05) is 52.3 Å². The largest absolute Gasteiger partial charge is 0.385 e. The summed E-state index contributed by atoms with van der Waals surface area (Å²) < 4.78 is 0.948. The molecule has 0 saturated heterocycles. The normalized spacial score (nSPS) is 14.2. The number of benzene rings is 2. The Labute approximate surface area is 123 Å². The molecule has 1 atom stereocenters. The molecule has 1 unspecified atom stereocenters. The quantitative estimate of drug-likeness (QED) is 0.882. The monoisotopic (exact) mass is 318 g/mol. The van der Waals surface area contributed by atoms with Crippen molar-refractivity contribution in [2.45, 2.75) is 32.8 Å². The number of rotatable bonds is 3. The van der Waals surface area contributed by atoms with E-state index in [9.17, 15) is 5.11 Å². The van der Waals surface area contributed by atoms with Crippen LogP contribution in [0.25, 0.3) is 0 Å². The predicted octanol–water partition coefficient (Wildman–Crippen LogP) is 4.52. The molecule has 2 rings (SSSR count). The van der Waals surface area contributed by atoms with Crippen LogP contribution in [-0.4, -0.2) is 5.11 Å². The number of hydrogen-bond donors (Lipinski definition) is 1. The Hall–Kier alpha value is -1.12. The molecule has 0 aliphatic heterocycles. The van der Waals surface area contributed by atoms with E-state index in [1.165, 1.54) is 11.1 Å². The minimum atomic E-state index is -0.873. The van der Waals surface area contributed by atoms with Gasteiger partial charge < -0.3 is 5.11 Å². The molecule has 100 valence electrons. The van der Waals surface area contributed by atoms with Crippen LogP contribution < -0.4 is 0 Å². The summed E-state index contributed by atoms with van der Waals surface area (Å²) in [5, 5.41) is 10.8. The minimum Gasteiger partial charge on any atom is -0.385 e. The molecule has 19 heavy (non-hydrogen) atoms. The van der Waals surface area contributed by atoms with Crippen molar-refractivity contribution in [2.75, 3.05) is 0 Å². The molecule has 0 saturated carbocycles. The topological polar surface area (TPSA) is 20.2 Å². The van der Waals surface area contributed by atoms with Gasteiger partial charge in [-0.05, 0) is 49.1 Å². The Balaban J connectivity index is 2.31. The van der Waals surface area contributed by atoms with Gasteiger partial charge in [0.05, 0.1) is 5.60 Å². The fourth-order valence-electron chi connectivity index (χ4n) is 2.30. The van der Waals surface area contributed by atoms with E-state index in [2.05, 4.69) is 48.0 Å². The van der Waals surface area contributed by atoms with Gasteiger partial charge >= 0.3 is 0 Å². The van der Waals surface area contributed by atoms with E-state index in [4.69, 9.17) is 0 Å². The Morgan fingerprint density at radius 3 is 2.37 bits per heavy atom. The predicted molar refractivity (Wildman–Crippen MR) is 83.3 cm³/mol. The van der Waals surface area contributed by atoms with Gasteiger partial charge in [-0.2, -0.15) is 0 Å². The highest BCUT2D eigenvalue weighted by Gasteiger charge is 2.25. The second kappa shape index (κ2) is 5.48. The maximum atomic E-state index is 10.8. The summed E-state index contributed by atoms with van der Waals surface area (Å²) in [6, 6.07) is 14.2. The first-order valence-corrected chi connectivity index (χ1v) is 7.23. The highest BCUT2D eigenvalue weighted by Crippen LogP contribution is 2.31. The smallest absolute Gasteiger partial charge is 0.0919 e. The molecule has 0 amide bonds. The summed E-state index contributed by atoms with van der Waals surface area (Å²) in [6.45, 7) is 6.07. The molecule has 0 spiro atoms. The molecule has 1 N–H and O–H groups in total. The average molecular weight is 319 g/mol. The van der Waals surface area contributed by atoms with Crippen LogP contribution in [0.15, 0.2) is 46.9 Å². The van der Waals surface area contributed by atoms with E-state index in [1.54, 1.807) is 0 Å². The Morgan fingerprint density at radius 2 is 1.74 bits per heavy atom. The highest BCUT2D eigenvalue weighted by atomic mass is 79.9. The molecule has 0 aliphatic rings. The lowest BCUT2D eigenvalue weighted by Gasteiger charge is -2.25. The van der Waals surface area contributed by atoms with E-state index < -0.39 is 5.60 Å². The maximum Gasteiger partial charge on any atom is 0.0919 e. The molecular weight excluding hydrogens is 300 g/mol. The number of aliphatic hydroxyl groups is 1. The third-order valence-corrected chi connectivity index (χ3v) is 4.27. The fraction of sp³-hybridized carbons (Fsp3) is 0.294. The maximum absolute atomic E-state index is 10.8. The molecule has 0 aromatic heterocycles. The van der Waals surface area contributed by atoms with Gasteiger partial charge in [0.15, 0.2) is 0 Å². The Bertz CT molecular complexity index is 588. The third kappa shape index (κ3) is 3.26. The first-order chi connectivity index (χ1) is 8.90. The first kappa shape index (κ1) is 14.3. The van der Waals surface area contributed by atoms with Gasteiger partial charge in [-0.3, -0.25) is 0 Å². The molecule has 0 bridgehead atoms. The van der Waals surface area contributed by atoms with Crippen molar-refractivity contribution < 1.29 is 5.11 Å². The van der Waals surface area contributed by atoms with Gasteiger partial charge in [-0.25, -0.2) is 0 Å². The number of hydrogen-bond acceptors (Lipinski definition) is 1. The summed E-state index contributed by atoms with van der Waals surface area (Å²) in [5.41, 5.74) is 3.75. The molecule has 0 aliphatic carbocycles. The van der Waals surface area contributed by atoms with Crippen LogP contribution >= 0.6 is 15.9 Å². The van der Waals surface area contributed by atoms with Crippen molar-refractivity contribution in [3.8, 4) is 0 Å². The van der Waals surface area contributed by atoms with Gasteiger partial charge in [0, 0.05) is 10.9 Å². The van der Waals surface area contributed by atoms with Gasteiger partial charge in [-0.15, -0.1) is 0 Å². The van der Waals surface area contributed by atoms with E-state index >= 15 is 0 Å². The third-order valence-electron chi connectivity index (χ3n) is 3.57. The van der Waals surface area contributed by atoms with Crippen LogP contribution in [0.1, 0.15) is 29.2 Å². The first-order valence-electron chi connectivity index (χ1n) is 6.44. The second-order valence-corrected chi connectivity index (χ2v) is 6.20. The van der Waals surface area contributed by atoms with Crippen molar-refractivity contribution >= 4 is 15.9 Å². The Morgan fingerprint density at radius 1 is 1.05 bits per heavy atom. The summed E-state index contributed by atoms with van der Waals surface area (Å²) in [4.78, 5) is 0. The molecule has 0 fully saturated rings. The molecular formula is C17H19BrO. The van der Waals surface area contributed by atoms with E-state index in [-0.39, 0.29) is 0 Å². The average Bonchev–Trinajstić information content (AvgIpc) is 2.34. The summed E-state index contributed by atoms with van der Waals surface area (Å²) in [7, 11) is 0. The highest BCUT2D eigenvalue weighted by molar-refractivity contribution is 9.10. The van der Waals surface area contributed by atoms with Crippen molar-refractivity contribution in [3.05, 3.63) is 69.2 Å². The van der Waals surface area contributed by atoms with Crippen molar-refractivity contribution in [1.29, 1.82) is 0 Å².